The summed E-state index contributed by atoms with van der Waals surface area (Å²) in [5, 5.41) is 29.1. The molecular weight excluding hydrogens is 388 g/mol. The zero-order valence-corrected chi connectivity index (χ0v) is 16.2. The van der Waals surface area contributed by atoms with Crippen molar-refractivity contribution in [1.29, 1.82) is 0 Å². The van der Waals surface area contributed by atoms with Gasteiger partial charge in [-0.1, -0.05) is 23.9 Å². The van der Waals surface area contributed by atoms with Crippen LogP contribution in [0.5, 0.6) is 0 Å². The number of nitrogens with zero attached hydrogens (tertiary/aromatic N) is 5. The zero-order chi connectivity index (χ0) is 20.3. The van der Waals surface area contributed by atoms with Crippen molar-refractivity contribution in [2.75, 3.05) is 18.1 Å². The molecule has 0 bridgehead atoms. The van der Waals surface area contributed by atoms with Crippen LogP contribution in [-0.4, -0.2) is 71.8 Å². The van der Waals surface area contributed by atoms with Crippen molar-refractivity contribution in [2.24, 2.45) is 0 Å². The van der Waals surface area contributed by atoms with Gasteiger partial charge in [0.25, 0.3) is 0 Å². The van der Waals surface area contributed by atoms with Crippen molar-refractivity contribution in [3.8, 4) is 0 Å². The lowest BCUT2D eigenvalue weighted by Crippen LogP contribution is -2.31. The van der Waals surface area contributed by atoms with Gasteiger partial charge in [0.2, 0.25) is 0 Å². The molecule has 0 unspecified atom stereocenters. The number of esters is 1. The van der Waals surface area contributed by atoms with E-state index >= 15 is 0 Å². The Balaban J connectivity index is 1.87. The second-order valence-electron chi connectivity index (χ2n) is 6.03. The third-order valence-electron chi connectivity index (χ3n) is 3.99. The summed E-state index contributed by atoms with van der Waals surface area (Å²) in [6, 6.07) is 0. The molecule has 0 spiro atoms. The molecule has 0 radical (unpaired) electrons. The fourth-order valence-corrected chi connectivity index (χ4v) is 3.37. The maximum Gasteiger partial charge on any atom is 0.330 e. The lowest BCUT2D eigenvalue weighted by Gasteiger charge is -2.14. The van der Waals surface area contributed by atoms with E-state index in [0.717, 1.165) is 18.2 Å². The van der Waals surface area contributed by atoms with E-state index in [1.165, 1.54) is 22.5 Å². The fraction of sp³-hybridized carbons (Fsp3) is 0.562. The molecule has 1 fully saturated rings. The molecule has 3 rings (SSSR count). The average Bonchev–Trinajstić information content (AvgIpc) is 3.21. The highest BCUT2D eigenvalue weighted by atomic mass is 32.2. The van der Waals surface area contributed by atoms with Gasteiger partial charge < -0.3 is 25.4 Å². The number of aromatic nitrogens is 5. The largest absolute Gasteiger partial charge is 0.463 e. The second kappa shape index (κ2) is 8.82. The SMILES string of the molecule is CCCSc1nc(N)c2nnn([C@@H]3O[C@H](/C=C/C(=O)OCC)[C@@H](O)[C@H]3O)c2n1. The molecule has 0 saturated carbocycles. The van der Waals surface area contributed by atoms with E-state index in [1.807, 2.05) is 6.92 Å². The minimum absolute atomic E-state index is 0.168. The Labute approximate surface area is 164 Å². The number of hydrogen-bond donors (Lipinski definition) is 3. The molecule has 12 heteroatoms. The normalized spacial score (nSPS) is 25.0. The molecule has 4 atom stereocenters. The maximum absolute atomic E-state index is 11.5. The van der Waals surface area contributed by atoms with E-state index in [2.05, 4.69) is 20.3 Å². The fourth-order valence-electron chi connectivity index (χ4n) is 2.67. The summed E-state index contributed by atoms with van der Waals surface area (Å²) < 4.78 is 11.7. The van der Waals surface area contributed by atoms with Crippen LogP contribution in [0.25, 0.3) is 11.2 Å². The minimum Gasteiger partial charge on any atom is -0.463 e. The van der Waals surface area contributed by atoms with Gasteiger partial charge in [0.15, 0.2) is 28.4 Å². The lowest BCUT2D eigenvalue weighted by atomic mass is 10.1. The predicted octanol–water partition coefficient (Wildman–Crippen LogP) is 0.0441. The number of ether oxygens (including phenoxy) is 2. The van der Waals surface area contributed by atoms with Crippen LogP contribution in [0.1, 0.15) is 26.5 Å². The van der Waals surface area contributed by atoms with Crippen LogP contribution in [0.2, 0.25) is 0 Å². The number of nitrogen functional groups attached to an aromatic ring is 1. The maximum atomic E-state index is 11.5. The monoisotopic (exact) mass is 410 g/mol. The van der Waals surface area contributed by atoms with Gasteiger partial charge in [-0.2, -0.15) is 4.68 Å². The van der Waals surface area contributed by atoms with Crippen molar-refractivity contribution in [2.45, 2.75) is 50.0 Å². The Morgan fingerprint density at radius 2 is 2.14 bits per heavy atom. The van der Waals surface area contributed by atoms with Crippen molar-refractivity contribution >= 4 is 34.7 Å². The Kier molecular flexibility index (Phi) is 6.44. The quantitative estimate of drug-likeness (QED) is 0.245. The lowest BCUT2D eigenvalue weighted by molar-refractivity contribution is -0.137. The number of carbonyl (C=O) groups is 1. The highest BCUT2D eigenvalue weighted by Crippen LogP contribution is 2.32. The number of aliphatic hydroxyl groups is 2. The first-order valence-electron chi connectivity index (χ1n) is 8.84. The van der Waals surface area contributed by atoms with Crippen molar-refractivity contribution < 1.29 is 24.5 Å². The Morgan fingerprint density at radius 1 is 1.36 bits per heavy atom. The summed E-state index contributed by atoms with van der Waals surface area (Å²) in [5.41, 5.74) is 6.51. The van der Waals surface area contributed by atoms with Crippen molar-refractivity contribution in [3.05, 3.63) is 12.2 Å². The molecule has 4 N–H and O–H groups in total. The van der Waals surface area contributed by atoms with Crippen LogP contribution in [-0.2, 0) is 14.3 Å². The van der Waals surface area contributed by atoms with Crippen molar-refractivity contribution in [3.63, 3.8) is 0 Å². The summed E-state index contributed by atoms with van der Waals surface area (Å²) in [6.45, 7) is 3.95. The number of carbonyl (C=O) groups excluding carboxylic acids is 1. The van der Waals surface area contributed by atoms with Gasteiger partial charge in [0.1, 0.15) is 18.3 Å². The molecule has 0 aliphatic carbocycles. The third-order valence-corrected chi connectivity index (χ3v) is 5.04. The summed E-state index contributed by atoms with van der Waals surface area (Å²) in [7, 11) is 0. The number of nitrogens with two attached hydrogens (primary N) is 1. The van der Waals surface area contributed by atoms with E-state index < -0.39 is 30.5 Å². The van der Waals surface area contributed by atoms with Crippen LogP contribution in [0.3, 0.4) is 0 Å². The summed E-state index contributed by atoms with van der Waals surface area (Å²) >= 11 is 1.44. The number of aliphatic hydroxyl groups excluding tert-OH is 2. The standard InChI is InChI=1S/C16H22N6O5S/c1-3-7-28-16-18-13(17)10-14(19-16)22(21-20-10)15-12(25)11(24)8(27-15)5-6-9(23)26-4-2/h5-6,8,11-12,15,24-25H,3-4,7H2,1-2H3,(H2,17,18,19)/b6-5+/t8-,11-,12-,15-/m1/s1. The first kappa shape index (κ1) is 20.5. The van der Waals surface area contributed by atoms with E-state index in [4.69, 9.17) is 15.2 Å². The van der Waals surface area contributed by atoms with Crippen LogP contribution in [0.4, 0.5) is 5.82 Å². The molecule has 1 saturated heterocycles. The van der Waals surface area contributed by atoms with Crippen molar-refractivity contribution in [1.82, 2.24) is 25.0 Å². The highest BCUT2D eigenvalue weighted by molar-refractivity contribution is 7.99. The predicted molar refractivity (Wildman–Crippen MR) is 100 cm³/mol. The molecule has 0 aromatic carbocycles. The summed E-state index contributed by atoms with van der Waals surface area (Å²) in [4.78, 5) is 20.1. The molecule has 152 valence electrons. The Bertz CT molecular complexity index is 875. The van der Waals surface area contributed by atoms with Gasteiger partial charge in [0.05, 0.1) is 6.61 Å². The Hall–Kier alpha value is -2.28. The number of thioether (sulfide) groups is 1. The summed E-state index contributed by atoms with van der Waals surface area (Å²) in [6.07, 6.45) is -1.17. The minimum atomic E-state index is -1.32. The topological polar surface area (TPSA) is 158 Å². The van der Waals surface area contributed by atoms with Crippen LogP contribution >= 0.6 is 11.8 Å². The van der Waals surface area contributed by atoms with Gasteiger partial charge >= 0.3 is 5.97 Å². The second-order valence-corrected chi connectivity index (χ2v) is 7.09. The van der Waals surface area contributed by atoms with Crippen LogP contribution < -0.4 is 5.73 Å². The molecule has 1 aliphatic heterocycles. The zero-order valence-electron chi connectivity index (χ0n) is 15.4. The summed E-state index contributed by atoms with van der Waals surface area (Å²) in [5.74, 6) is 0.413. The van der Waals surface area contributed by atoms with Gasteiger partial charge in [-0.05, 0) is 19.4 Å². The average molecular weight is 410 g/mol. The Morgan fingerprint density at radius 3 is 2.86 bits per heavy atom. The van der Waals surface area contributed by atoms with Gasteiger partial charge in [0, 0.05) is 11.8 Å². The van der Waals surface area contributed by atoms with Crippen LogP contribution in [0, 0.1) is 0 Å². The molecular formula is C16H22N6O5S. The van der Waals surface area contributed by atoms with Gasteiger partial charge in [-0.25, -0.2) is 14.8 Å². The number of hydrogen-bond acceptors (Lipinski definition) is 11. The molecule has 2 aromatic rings. The van der Waals surface area contributed by atoms with Crippen LogP contribution in [0.15, 0.2) is 17.3 Å². The smallest absolute Gasteiger partial charge is 0.330 e. The number of fused-ring (bicyclic) bond motifs is 1. The molecule has 11 nitrogen and oxygen atoms in total. The van der Waals surface area contributed by atoms with E-state index in [0.29, 0.717) is 5.16 Å². The van der Waals surface area contributed by atoms with E-state index in [-0.39, 0.29) is 23.6 Å². The number of anilines is 1. The molecule has 1 aliphatic rings. The molecule has 28 heavy (non-hydrogen) atoms. The highest BCUT2D eigenvalue weighted by Gasteiger charge is 2.44. The van der Waals surface area contributed by atoms with Gasteiger partial charge in [-0.3, -0.25) is 0 Å². The first-order chi connectivity index (χ1) is 13.5. The molecule has 3 heterocycles. The van der Waals surface area contributed by atoms with Gasteiger partial charge in [-0.15, -0.1) is 5.10 Å². The first-order valence-corrected chi connectivity index (χ1v) is 9.82. The molecule has 2 aromatic heterocycles. The molecule has 0 amide bonds. The van der Waals surface area contributed by atoms with E-state index in [1.54, 1.807) is 6.92 Å². The van der Waals surface area contributed by atoms with E-state index in [9.17, 15) is 15.0 Å². The third kappa shape index (κ3) is 4.09. The number of rotatable bonds is 7.